The number of aromatic hydroxyl groups is 1. The van der Waals surface area contributed by atoms with Crippen molar-refractivity contribution < 1.29 is 49.0 Å². The Bertz CT molecular complexity index is 1220. The van der Waals surface area contributed by atoms with Gasteiger partial charge in [0, 0.05) is 37.7 Å². The fourth-order valence-electron chi connectivity index (χ4n) is 7.59. The van der Waals surface area contributed by atoms with Crippen molar-refractivity contribution in [2.75, 3.05) is 60.4 Å². The molecule has 1 aliphatic heterocycles. The van der Waals surface area contributed by atoms with Crippen LogP contribution >= 0.6 is 0 Å². The van der Waals surface area contributed by atoms with E-state index < -0.39 is 23.8 Å². The van der Waals surface area contributed by atoms with Crippen LogP contribution in [0.2, 0.25) is 0 Å². The lowest BCUT2D eigenvalue weighted by molar-refractivity contribution is -0.255. The molecule has 12 heteroatoms. The van der Waals surface area contributed by atoms with Gasteiger partial charge in [0.2, 0.25) is 5.79 Å². The molecule has 3 aliphatic rings. The molecule has 4 rings (SSSR count). The number of carbonyl (C=O) groups excluding carboxylic acids is 1. The number of fused-ring (bicyclic) bond motifs is 2. The van der Waals surface area contributed by atoms with Gasteiger partial charge in [0.05, 0.1) is 45.2 Å². The molecule has 46 heavy (non-hydrogen) atoms. The third-order valence-corrected chi connectivity index (χ3v) is 9.36. The summed E-state index contributed by atoms with van der Waals surface area (Å²) < 4.78 is 24.5. The normalized spacial score (nSPS) is 27.2. The van der Waals surface area contributed by atoms with Gasteiger partial charge in [-0.05, 0) is 61.3 Å². The van der Waals surface area contributed by atoms with E-state index in [1.807, 2.05) is 0 Å². The number of hydrogen-bond donors (Lipinski definition) is 4. The van der Waals surface area contributed by atoms with E-state index in [2.05, 4.69) is 17.8 Å². The number of phenolic OH excluding ortho intramolecular Hbond substituents is 1. The van der Waals surface area contributed by atoms with Gasteiger partial charge in [-0.15, -0.1) is 6.58 Å². The minimum absolute atomic E-state index is 0.0529. The molecule has 1 amide bonds. The first kappa shape index (κ1) is 35.7. The van der Waals surface area contributed by atoms with Crippen molar-refractivity contribution in [3.63, 3.8) is 0 Å². The predicted octanol–water partition coefficient (Wildman–Crippen LogP) is 3.73. The summed E-state index contributed by atoms with van der Waals surface area (Å²) in [5.41, 5.74) is 2.39. The Kier molecular flexibility index (Phi) is 13.3. The number of nitrogens with zero attached hydrogens (tertiary/aromatic N) is 2. The van der Waals surface area contributed by atoms with E-state index >= 15 is 0 Å². The summed E-state index contributed by atoms with van der Waals surface area (Å²) in [6.45, 7) is 4.45. The number of ether oxygens (including phenoxy) is 4. The Morgan fingerprint density at radius 2 is 1.87 bits per heavy atom. The van der Waals surface area contributed by atoms with E-state index in [4.69, 9.17) is 23.8 Å². The van der Waals surface area contributed by atoms with Gasteiger partial charge in [0.15, 0.2) is 0 Å². The lowest BCUT2D eigenvalue weighted by Crippen LogP contribution is -2.70. The highest BCUT2D eigenvalue weighted by atomic mass is 16.7. The number of benzene rings is 1. The van der Waals surface area contributed by atoms with Crippen molar-refractivity contribution >= 4 is 11.8 Å². The highest BCUT2D eigenvalue weighted by Crippen LogP contribution is 2.61. The molecule has 12 nitrogen and oxygen atoms in total. The number of rotatable bonds is 18. The average Bonchev–Trinajstić information content (AvgIpc) is 3.06. The molecule has 0 radical (unpaired) electrons. The molecule has 1 aromatic rings. The summed E-state index contributed by atoms with van der Waals surface area (Å²) in [4.78, 5) is 20.4. The molecule has 1 heterocycles. The highest BCUT2D eigenvalue weighted by molar-refractivity contribution is 6.02. The van der Waals surface area contributed by atoms with E-state index in [0.29, 0.717) is 24.3 Å². The largest absolute Gasteiger partial charge is 0.508 e. The summed E-state index contributed by atoms with van der Waals surface area (Å²) in [5, 5.41) is 43.7. The summed E-state index contributed by atoms with van der Waals surface area (Å²) in [6, 6.07) is 4.33. The van der Waals surface area contributed by atoms with Crippen LogP contribution in [0.15, 0.2) is 47.7 Å². The fourth-order valence-corrected chi connectivity index (χ4v) is 7.59. The van der Waals surface area contributed by atoms with Gasteiger partial charge in [-0.3, -0.25) is 4.90 Å². The van der Waals surface area contributed by atoms with E-state index in [0.717, 1.165) is 36.8 Å². The monoisotopic (exact) mass is 646 g/mol. The first-order valence-electron chi connectivity index (χ1n) is 16.2. The number of oxime groups is 1. The lowest BCUT2D eigenvalue weighted by atomic mass is 9.55. The van der Waals surface area contributed by atoms with Gasteiger partial charge in [0.25, 0.3) is 0 Å². The van der Waals surface area contributed by atoms with Crippen LogP contribution in [-0.4, -0.2) is 109 Å². The summed E-state index contributed by atoms with van der Waals surface area (Å²) in [7, 11) is 2.80. The van der Waals surface area contributed by atoms with Crippen LogP contribution in [-0.2, 0) is 19.0 Å². The SMILES string of the molecule is C=CCOC12Oc3ccc(O)cc3C3C(CCCCO)C(CCCCO)C=C(C(=NOC)CC1N(CCOCCO)C(=O)OC)C32. The number of phenols is 1. The zero-order valence-corrected chi connectivity index (χ0v) is 27.0. The number of methoxy groups -OCH3 is 1. The van der Waals surface area contributed by atoms with Gasteiger partial charge >= 0.3 is 6.09 Å². The van der Waals surface area contributed by atoms with Crippen LogP contribution in [0.5, 0.6) is 11.5 Å². The molecule has 0 bridgehead atoms. The number of carbonyl (C=O) groups is 1. The molecule has 1 saturated carbocycles. The van der Waals surface area contributed by atoms with Crippen molar-refractivity contribution in [1.82, 2.24) is 4.90 Å². The van der Waals surface area contributed by atoms with Crippen molar-refractivity contribution in [2.24, 2.45) is 22.9 Å². The second-order valence-electron chi connectivity index (χ2n) is 12.0. The van der Waals surface area contributed by atoms with Crippen LogP contribution in [0.25, 0.3) is 0 Å². The molecule has 256 valence electrons. The maximum absolute atomic E-state index is 13.5. The van der Waals surface area contributed by atoms with Crippen molar-refractivity contribution in [3.8, 4) is 11.5 Å². The number of unbranched alkanes of at least 4 members (excludes halogenated alkanes) is 2. The number of amides is 1. The van der Waals surface area contributed by atoms with Crippen molar-refractivity contribution in [1.29, 1.82) is 0 Å². The third-order valence-electron chi connectivity index (χ3n) is 9.36. The number of aliphatic hydroxyl groups excluding tert-OH is 3. The van der Waals surface area contributed by atoms with E-state index in [-0.39, 0.29) is 76.1 Å². The van der Waals surface area contributed by atoms with Crippen molar-refractivity contribution in [3.05, 3.63) is 48.1 Å². The molecule has 0 saturated heterocycles. The van der Waals surface area contributed by atoms with Crippen LogP contribution in [0.3, 0.4) is 0 Å². The summed E-state index contributed by atoms with van der Waals surface area (Å²) in [6.07, 6.45) is 8.07. The Morgan fingerprint density at radius 1 is 1.11 bits per heavy atom. The molecular formula is C34H50N2O10. The molecule has 6 atom stereocenters. The number of allylic oxidation sites excluding steroid dienone is 1. The van der Waals surface area contributed by atoms with Gasteiger partial charge in [-0.2, -0.15) is 0 Å². The van der Waals surface area contributed by atoms with Gasteiger partial charge in [-0.1, -0.05) is 30.1 Å². The van der Waals surface area contributed by atoms with Crippen molar-refractivity contribution in [2.45, 2.75) is 62.7 Å². The molecular weight excluding hydrogens is 596 g/mol. The highest BCUT2D eigenvalue weighted by Gasteiger charge is 2.65. The third kappa shape index (κ3) is 7.52. The smallest absolute Gasteiger partial charge is 0.410 e. The first-order chi connectivity index (χ1) is 22.4. The molecule has 2 aliphatic carbocycles. The second kappa shape index (κ2) is 17.1. The topological polar surface area (TPSA) is 160 Å². The number of hydrogen-bond acceptors (Lipinski definition) is 11. The summed E-state index contributed by atoms with van der Waals surface area (Å²) >= 11 is 0. The van der Waals surface area contributed by atoms with Gasteiger partial charge in [0.1, 0.15) is 24.7 Å². The Labute approximate surface area is 271 Å². The maximum Gasteiger partial charge on any atom is 0.410 e. The molecule has 0 aromatic heterocycles. The van der Waals surface area contributed by atoms with Gasteiger partial charge < -0.3 is 44.2 Å². The predicted molar refractivity (Wildman–Crippen MR) is 171 cm³/mol. The minimum atomic E-state index is -1.42. The zero-order chi connectivity index (χ0) is 33.1. The first-order valence-corrected chi connectivity index (χ1v) is 16.2. The summed E-state index contributed by atoms with van der Waals surface area (Å²) in [5.74, 6) is -1.33. The van der Waals surface area contributed by atoms with Crippen LogP contribution < -0.4 is 4.74 Å². The average molecular weight is 647 g/mol. The standard InChI is InChI=1S/C34H50N2O10/c1-4-17-45-34-30(36(33(41)42-2)13-18-44-19-16-39)22-28(35-43-3)26-20-23(9-5-7-14-37)25(10-6-8-15-38)31(32(26)34)27-21-24(40)11-12-29(27)46-34/h4,11-12,20-21,23,25,30-32,37-40H,1,5-10,13-19,22H2,2-3H3. The fraction of sp³-hybridized carbons (Fsp3) is 0.647. The minimum Gasteiger partial charge on any atom is -0.508 e. The second-order valence-corrected chi connectivity index (χ2v) is 12.0. The molecule has 1 fully saturated rings. The zero-order valence-electron chi connectivity index (χ0n) is 27.0. The Balaban J connectivity index is 1.97. The van der Waals surface area contributed by atoms with Crippen LogP contribution in [0.1, 0.15) is 56.4 Å². The molecule has 1 aromatic carbocycles. The number of aliphatic hydroxyl groups is 3. The van der Waals surface area contributed by atoms with Crippen LogP contribution in [0, 0.1) is 17.8 Å². The molecule has 4 N–H and O–H groups in total. The quantitative estimate of drug-likeness (QED) is 0.105. The lowest BCUT2D eigenvalue weighted by Gasteiger charge is -2.59. The Morgan fingerprint density at radius 3 is 2.54 bits per heavy atom. The van der Waals surface area contributed by atoms with Crippen LogP contribution in [0.4, 0.5) is 4.79 Å². The van der Waals surface area contributed by atoms with E-state index in [1.54, 1.807) is 29.2 Å². The molecule has 6 unspecified atom stereocenters. The maximum atomic E-state index is 13.5. The molecule has 0 spiro atoms. The van der Waals surface area contributed by atoms with E-state index in [1.165, 1.54) is 14.2 Å². The Hall–Kier alpha value is -3.16. The van der Waals surface area contributed by atoms with E-state index in [9.17, 15) is 25.2 Å². The van der Waals surface area contributed by atoms with Gasteiger partial charge in [-0.25, -0.2) is 4.79 Å².